The molecule has 8 nitrogen and oxygen atoms in total. The monoisotopic (exact) mass is 376 g/mol. The molecule has 8 heteroatoms. The summed E-state index contributed by atoms with van der Waals surface area (Å²) < 4.78 is 10.8. The van der Waals surface area contributed by atoms with Gasteiger partial charge in [0.25, 0.3) is 11.8 Å². The molecule has 2 fully saturated rings. The van der Waals surface area contributed by atoms with Crippen LogP contribution in [0.1, 0.15) is 16.8 Å². The second-order valence-electron chi connectivity index (χ2n) is 6.81. The van der Waals surface area contributed by atoms with Crippen LogP contribution >= 0.6 is 0 Å². The lowest BCUT2D eigenvalue weighted by Gasteiger charge is -2.32. The van der Waals surface area contributed by atoms with Gasteiger partial charge >= 0.3 is 0 Å². The van der Waals surface area contributed by atoms with Crippen molar-refractivity contribution in [2.75, 3.05) is 60.0 Å². The lowest BCUT2D eigenvalue weighted by Crippen LogP contribution is -2.49. The second-order valence-corrected chi connectivity index (χ2v) is 6.81. The van der Waals surface area contributed by atoms with Crippen molar-refractivity contribution < 1.29 is 19.1 Å². The highest BCUT2D eigenvalue weighted by molar-refractivity contribution is 5.95. The minimum atomic E-state index is -0.228. The third kappa shape index (κ3) is 4.70. The van der Waals surface area contributed by atoms with E-state index in [2.05, 4.69) is 15.5 Å². The average molecular weight is 376 g/mol. The molecule has 2 aliphatic rings. The minimum Gasteiger partial charge on any atom is -0.493 e. The van der Waals surface area contributed by atoms with Gasteiger partial charge in [-0.2, -0.15) is 0 Å². The number of nitrogens with one attached hydrogen (secondary N) is 2. The van der Waals surface area contributed by atoms with Crippen LogP contribution in [0.5, 0.6) is 11.5 Å². The van der Waals surface area contributed by atoms with E-state index in [1.54, 1.807) is 25.2 Å². The van der Waals surface area contributed by atoms with Crippen LogP contribution in [0.3, 0.4) is 0 Å². The van der Waals surface area contributed by atoms with Crippen LogP contribution in [0.15, 0.2) is 18.2 Å². The van der Waals surface area contributed by atoms with Crippen LogP contribution < -0.4 is 20.1 Å². The molecule has 1 aromatic rings. The normalized spacial score (nSPS) is 20.4. The van der Waals surface area contributed by atoms with Gasteiger partial charge in [0.05, 0.1) is 7.11 Å². The van der Waals surface area contributed by atoms with Gasteiger partial charge in [0.1, 0.15) is 0 Å². The second kappa shape index (κ2) is 9.05. The van der Waals surface area contributed by atoms with Gasteiger partial charge in [-0.1, -0.05) is 0 Å². The Balaban J connectivity index is 1.63. The average Bonchev–Trinajstić information content (AvgIpc) is 3.22. The fourth-order valence-corrected chi connectivity index (χ4v) is 3.59. The summed E-state index contributed by atoms with van der Waals surface area (Å²) in [5.74, 6) is 0.664. The van der Waals surface area contributed by atoms with E-state index in [0.29, 0.717) is 23.1 Å². The van der Waals surface area contributed by atoms with Crippen molar-refractivity contribution in [3.05, 3.63) is 23.8 Å². The minimum absolute atomic E-state index is 0.00351. The van der Waals surface area contributed by atoms with Crippen molar-refractivity contribution in [3.8, 4) is 11.5 Å². The largest absolute Gasteiger partial charge is 0.493 e. The van der Waals surface area contributed by atoms with Gasteiger partial charge in [0.2, 0.25) is 0 Å². The Morgan fingerprint density at radius 3 is 2.70 bits per heavy atom. The predicted octanol–water partition coefficient (Wildman–Crippen LogP) is -0.0603. The van der Waals surface area contributed by atoms with E-state index in [1.807, 2.05) is 4.90 Å². The highest BCUT2D eigenvalue weighted by Crippen LogP contribution is 2.29. The molecule has 0 bridgehead atoms. The van der Waals surface area contributed by atoms with Crippen molar-refractivity contribution in [1.82, 2.24) is 20.4 Å². The molecule has 1 aromatic carbocycles. The highest BCUT2D eigenvalue weighted by Gasteiger charge is 2.31. The van der Waals surface area contributed by atoms with Crippen LogP contribution in [-0.2, 0) is 4.79 Å². The number of nitrogens with zero attached hydrogens (tertiary/aromatic N) is 2. The zero-order chi connectivity index (χ0) is 19.2. The fraction of sp³-hybridized carbons (Fsp3) is 0.579. The molecule has 2 N–H and O–H groups in total. The fourth-order valence-electron chi connectivity index (χ4n) is 3.59. The number of hydrogen-bond acceptors (Lipinski definition) is 6. The Morgan fingerprint density at radius 1 is 1.22 bits per heavy atom. The first-order valence-corrected chi connectivity index (χ1v) is 9.38. The number of amides is 2. The molecular formula is C19H28N4O4. The van der Waals surface area contributed by atoms with Crippen LogP contribution in [0.4, 0.5) is 0 Å². The molecule has 27 heavy (non-hydrogen) atoms. The molecule has 2 heterocycles. The molecule has 2 saturated heterocycles. The maximum absolute atomic E-state index is 12.9. The molecule has 3 rings (SSSR count). The number of piperazine rings is 1. The quantitative estimate of drug-likeness (QED) is 0.724. The summed E-state index contributed by atoms with van der Waals surface area (Å²) in [4.78, 5) is 28.6. The van der Waals surface area contributed by atoms with E-state index in [0.717, 1.165) is 45.7 Å². The number of likely N-dealkylation sites (tertiary alicyclic amines) is 1. The molecule has 0 spiro atoms. The van der Waals surface area contributed by atoms with Crippen molar-refractivity contribution in [3.63, 3.8) is 0 Å². The first kappa shape index (κ1) is 19.4. The number of benzene rings is 1. The highest BCUT2D eigenvalue weighted by atomic mass is 16.5. The van der Waals surface area contributed by atoms with E-state index in [4.69, 9.17) is 9.47 Å². The van der Waals surface area contributed by atoms with Crippen molar-refractivity contribution in [2.24, 2.45) is 0 Å². The Morgan fingerprint density at radius 2 is 2.00 bits per heavy atom. The van der Waals surface area contributed by atoms with E-state index < -0.39 is 0 Å². The maximum Gasteiger partial charge on any atom is 0.257 e. The number of methoxy groups -OCH3 is 1. The summed E-state index contributed by atoms with van der Waals surface area (Å²) in [6.45, 7) is 5.54. The van der Waals surface area contributed by atoms with E-state index in [1.165, 1.54) is 7.11 Å². The summed E-state index contributed by atoms with van der Waals surface area (Å²) in [5.41, 5.74) is 0.570. The van der Waals surface area contributed by atoms with Gasteiger partial charge in [0.15, 0.2) is 18.1 Å². The molecule has 2 amide bonds. The molecule has 0 radical (unpaired) electrons. The summed E-state index contributed by atoms with van der Waals surface area (Å²) in [5, 5.41) is 5.86. The Bertz CT molecular complexity index is 676. The summed E-state index contributed by atoms with van der Waals surface area (Å²) in [6.07, 6.45) is 1.01. The molecular weight excluding hydrogens is 348 g/mol. The number of likely N-dealkylation sites (N-methyl/N-ethyl adjacent to an activating group) is 1. The molecule has 1 unspecified atom stereocenters. The van der Waals surface area contributed by atoms with E-state index in [9.17, 15) is 9.59 Å². The lowest BCUT2D eigenvalue weighted by atomic mass is 10.1. The molecule has 1 atom stereocenters. The first-order chi connectivity index (χ1) is 13.1. The first-order valence-electron chi connectivity index (χ1n) is 9.38. The topological polar surface area (TPSA) is 83.1 Å². The number of rotatable bonds is 6. The number of hydrogen-bond donors (Lipinski definition) is 2. The molecule has 0 aliphatic carbocycles. The summed E-state index contributed by atoms with van der Waals surface area (Å²) >= 11 is 0. The smallest absolute Gasteiger partial charge is 0.257 e. The Kier molecular flexibility index (Phi) is 6.52. The molecule has 0 aromatic heterocycles. The summed E-state index contributed by atoms with van der Waals surface area (Å²) in [6, 6.07) is 5.52. The van der Waals surface area contributed by atoms with Crippen LogP contribution in [0.2, 0.25) is 0 Å². The van der Waals surface area contributed by atoms with Gasteiger partial charge < -0.3 is 25.0 Å². The third-order valence-electron chi connectivity index (χ3n) is 5.17. The standard InChI is InChI=1S/C19H28N4O4/c1-20-18(24)13-27-16-4-3-14(11-17(16)26-2)19(25)23-8-5-15(12-23)22-9-6-21-7-10-22/h3-4,11,15,21H,5-10,12-13H2,1-2H3,(H,20,24). The molecule has 0 saturated carbocycles. The predicted molar refractivity (Wildman–Crippen MR) is 101 cm³/mol. The maximum atomic E-state index is 12.9. The summed E-state index contributed by atoms with van der Waals surface area (Å²) in [7, 11) is 3.07. The van der Waals surface area contributed by atoms with E-state index >= 15 is 0 Å². The van der Waals surface area contributed by atoms with Crippen molar-refractivity contribution >= 4 is 11.8 Å². The van der Waals surface area contributed by atoms with E-state index in [-0.39, 0.29) is 18.4 Å². The Hall–Kier alpha value is -2.32. The lowest BCUT2D eigenvalue weighted by molar-refractivity contribution is -0.122. The third-order valence-corrected chi connectivity index (χ3v) is 5.17. The number of carbonyl (C=O) groups is 2. The van der Waals surface area contributed by atoms with Crippen LogP contribution in [0, 0.1) is 0 Å². The molecule has 2 aliphatic heterocycles. The zero-order valence-corrected chi connectivity index (χ0v) is 16.0. The van der Waals surface area contributed by atoms with Crippen molar-refractivity contribution in [1.29, 1.82) is 0 Å². The SMILES string of the molecule is CNC(=O)COc1ccc(C(=O)N2CCC(N3CCNCC3)C2)cc1OC. The van der Waals surface area contributed by atoms with Gasteiger partial charge in [-0.05, 0) is 24.6 Å². The van der Waals surface area contributed by atoms with Gasteiger partial charge in [-0.15, -0.1) is 0 Å². The van der Waals surface area contributed by atoms with Crippen LogP contribution in [-0.4, -0.2) is 87.7 Å². The number of carbonyl (C=O) groups excluding carboxylic acids is 2. The van der Waals surface area contributed by atoms with Gasteiger partial charge in [-0.25, -0.2) is 0 Å². The Labute approximate surface area is 159 Å². The van der Waals surface area contributed by atoms with Crippen molar-refractivity contribution in [2.45, 2.75) is 12.5 Å². The van der Waals surface area contributed by atoms with Crippen LogP contribution in [0.25, 0.3) is 0 Å². The van der Waals surface area contributed by atoms with Gasteiger partial charge in [-0.3, -0.25) is 14.5 Å². The number of ether oxygens (including phenoxy) is 2. The van der Waals surface area contributed by atoms with Gasteiger partial charge in [0, 0.05) is 57.9 Å². The molecule has 148 valence electrons. The zero-order valence-electron chi connectivity index (χ0n) is 16.0.